The van der Waals surface area contributed by atoms with E-state index >= 15 is 0 Å². The number of methoxy groups -OCH3 is 1. The number of hydrogen-bond acceptors (Lipinski definition) is 6. The largest absolute Gasteiger partial charge is 0.467 e. The van der Waals surface area contributed by atoms with Gasteiger partial charge in [0.05, 0.1) is 29.1 Å². The molecule has 1 aromatic heterocycles. The second-order valence-corrected chi connectivity index (χ2v) is 6.62. The topological polar surface area (TPSA) is 98.2 Å². The molecule has 0 aliphatic carbocycles. The third-order valence-corrected chi connectivity index (χ3v) is 4.61. The fourth-order valence-corrected chi connectivity index (χ4v) is 3.16. The molecule has 8 heteroatoms. The summed E-state index contributed by atoms with van der Waals surface area (Å²) in [4.78, 5) is 19.4. The van der Waals surface area contributed by atoms with Crippen LogP contribution in [0.3, 0.4) is 0 Å². The predicted octanol–water partition coefficient (Wildman–Crippen LogP) is 2.11. The minimum absolute atomic E-state index is 0.0529. The Hall–Kier alpha value is -2.48. The Morgan fingerprint density at radius 1 is 1.09 bits per heavy atom. The van der Waals surface area contributed by atoms with Crippen LogP contribution in [0.4, 0.5) is 5.69 Å². The van der Waals surface area contributed by atoms with E-state index in [0.717, 1.165) is 0 Å². The zero-order chi connectivity index (χ0) is 17.2. The van der Waals surface area contributed by atoms with Crippen LogP contribution in [-0.4, -0.2) is 31.3 Å². The smallest absolute Gasteiger partial charge is 0.316 e. The van der Waals surface area contributed by atoms with E-state index in [-0.39, 0.29) is 16.7 Å². The first kappa shape index (κ1) is 16.9. The van der Waals surface area contributed by atoms with Crippen molar-refractivity contribution in [2.24, 2.45) is 0 Å². The van der Waals surface area contributed by atoms with Crippen LogP contribution in [0.25, 0.3) is 0 Å². The molecule has 0 aliphatic heterocycles. The number of hydrogen-bond donors (Lipinski definition) is 1. The SMILES string of the molecule is COc1nc(C)c(NS(=O)(=O)c2ccc(C(C)=O)cc2)c(C)n1. The predicted molar refractivity (Wildman–Crippen MR) is 85.3 cm³/mol. The summed E-state index contributed by atoms with van der Waals surface area (Å²) < 4.78 is 32.3. The fraction of sp³-hybridized carbons (Fsp3) is 0.267. The first-order valence-electron chi connectivity index (χ1n) is 6.77. The molecule has 0 unspecified atom stereocenters. The Morgan fingerprint density at radius 2 is 1.61 bits per heavy atom. The van der Waals surface area contributed by atoms with Crippen LogP contribution < -0.4 is 9.46 Å². The third kappa shape index (κ3) is 3.65. The molecule has 0 aliphatic rings. The molecule has 7 nitrogen and oxygen atoms in total. The number of carbonyl (C=O) groups is 1. The Balaban J connectivity index is 2.37. The monoisotopic (exact) mass is 335 g/mol. The molecule has 0 spiro atoms. The van der Waals surface area contributed by atoms with Gasteiger partial charge in [-0.05, 0) is 32.9 Å². The molecule has 0 saturated carbocycles. The Labute approximate surface area is 134 Å². The Morgan fingerprint density at radius 3 is 2.04 bits per heavy atom. The molecule has 23 heavy (non-hydrogen) atoms. The van der Waals surface area contributed by atoms with E-state index in [1.807, 2.05) is 0 Å². The summed E-state index contributed by atoms with van der Waals surface area (Å²) in [6.45, 7) is 4.74. The molecule has 0 saturated heterocycles. The number of aromatic nitrogens is 2. The Bertz CT molecular complexity index is 823. The van der Waals surface area contributed by atoms with E-state index in [4.69, 9.17) is 4.74 Å². The Kier molecular flexibility index (Phi) is 4.65. The van der Waals surface area contributed by atoms with Gasteiger partial charge in [-0.2, -0.15) is 9.97 Å². The normalized spacial score (nSPS) is 11.1. The van der Waals surface area contributed by atoms with Crippen molar-refractivity contribution in [3.05, 3.63) is 41.2 Å². The van der Waals surface area contributed by atoms with Gasteiger partial charge in [0.2, 0.25) is 0 Å². The number of sulfonamides is 1. The van der Waals surface area contributed by atoms with Crippen molar-refractivity contribution in [1.29, 1.82) is 0 Å². The minimum atomic E-state index is -3.80. The molecule has 0 amide bonds. The molecule has 0 radical (unpaired) electrons. The minimum Gasteiger partial charge on any atom is -0.467 e. The van der Waals surface area contributed by atoms with E-state index < -0.39 is 10.0 Å². The van der Waals surface area contributed by atoms with Crippen LogP contribution in [0.5, 0.6) is 6.01 Å². The van der Waals surface area contributed by atoms with Gasteiger partial charge in [-0.1, -0.05) is 12.1 Å². The molecule has 0 fully saturated rings. The summed E-state index contributed by atoms with van der Waals surface area (Å²) in [6.07, 6.45) is 0. The average Bonchev–Trinajstić information content (AvgIpc) is 2.50. The van der Waals surface area contributed by atoms with Gasteiger partial charge in [0, 0.05) is 5.56 Å². The molecule has 1 N–H and O–H groups in total. The summed E-state index contributed by atoms with van der Waals surface area (Å²) in [5.41, 5.74) is 1.67. The van der Waals surface area contributed by atoms with Crippen LogP contribution in [0.15, 0.2) is 29.2 Å². The van der Waals surface area contributed by atoms with Crippen molar-refractivity contribution in [3.8, 4) is 6.01 Å². The van der Waals surface area contributed by atoms with Gasteiger partial charge in [0.25, 0.3) is 10.0 Å². The van der Waals surface area contributed by atoms with Gasteiger partial charge in [-0.15, -0.1) is 0 Å². The van der Waals surface area contributed by atoms with E-state index in [0.29, 0.717) is 22.6 Å². The number of anilines is 1. The number of ketones is 1. The first-order chi connectivity index (χ1) is 10.7. The zero-order valence-corrected chi connectivity index (χ0v) is 14.1. The molecular weight excluding hydrogens is 318 g/mol. The highest BCUT2D eigenvalue weighted by Gasteiger charge is 2.19. The average molecular weight is 335 g/mol. The summed E-state index contributed by atoms with van der Waals surface area (Å²) in [5, 5.41) is 0. The van der Waals surface area contributed by atoms with Gasteiger partial charge < -0.3 is 4.74 Å². The number of nitrogens with zero attached hydrogens (tertiary/aromatic N) is 2. The van der Waals surface area contributed by atoms with E-state index in [1.54, 1.807) is 13.8 Å². The van der Waals surface area contributed by atoms with Crippen molar-refractivity contribution in [3.63, 3.8) is 0 Å². The zero-order valence-electron chi connectivity index (χ0n) is 13.2. The van der Waals surface area contributed by atoms with E-state index in [1.165, 1.54) is 38.3 Å². The number of ether oxygens (including phenoxy) is 1. The summed E-state index contributed by atoms with van der Waals surface area (Å²) >= 11 is 0. The third-order valence-electron chi connectivity index (χ3n) is 3.24. The highest BCUT2D eigenvalue weighted by molar-refractivity contribution is 7.92. The number of carbonyl (C=O) groups excluding carboxylic acids is 1. The number of Topliss-reactive ketones (excluding diaryl/α,β-unsaturated/α-hetero) is 1. The molecule has 0 atom stereocenters. The molecule has 0 bridgehead atoms. The number of aryl methyl sites for hydroxylation is 2. The van der Waals surface area contributed by atoms with Crippen molar-refractivity contribution >= 4 is 21.5 Å². The van der Waals surface area contributed by atoms with Crippen molar-refractivity contribution in [2.75, 3.05) is 11.8 Å². The molecule has 2 rings (SSSR count). The van der Waals surface area contributed by atoms with Crippen LogP contribution in [0.1, 0.15) is 28.7 Å². The number of benzene rings is 1. The highest BCUT2D eigenvalue weighted by Crippen LogP contribution is 2.23. The summed E-state index contributed by atoms with van der Waals surface area (Å²) in [6, 6.07) is 5.89. The fourth-order valence-electron chi connectivity index (χ4n) is 1.99. The van der Waals surface area contributed by atoms with Crippen LogP contribution in [0.2, 0.25) is 0 Å². The van der Waals surface area contributed by atoms with Gasteiger partial charge in [-0.3, -0.25) is 9.52 Å². The van der Waals surface area contributed by atoms with Crippen LogP contribution >= 0.6 is 0 Å². The van der Waals surface area contributed by atoms with E-state index in [2.05, 4.69) is 14.7 Å². The molecule has 1 heterocycles. The first-order valence-corrected chi connectivity index (χ1v) is 8.26. The second kappa shape index (κ2) is 6.33. The van der Waals surface area contributed by atoms with Gasteiger partial charge in [0.15, 0.2) is 5.78 Å². The standard InChI is InChI=1S/C15H17N3O4S/c1-9-14(10(2)17-15(16-9)22-4)18-23(20,21)13-7-5-12(6-8-13)11(3)19/h5-8,18H,1-4H3. The maximum atomic E-state index is 12.5. The lowest BCUT2D eigenvalue weighted by Crippen LogP contribution is -2.16. The van der Waals surface area contributed by atoms with Gasteiger partial charge in [-0.25, -0.2) is 8.42 Å². The molecule has 122 valence electrons. The maximum Gasteiger partial charge on any atom is 0.316 e. The second-order valence-electron chi connectivity index (χ2n) is 4.94. The maximum absolute atomic E-state index is 12.5. The van der Waals surface area contributed by atoms with Crippen LogP contribution in [0, 0.1) is 13.8 Å². The van der Waals surface area contributed by atoms with Crippen molar-refractivity contribution < 1.29 is 17.9 Å². The van der Waals surface area contributed by atoms with Gasteiger partial charge >= 0.3 is 6.01 Å². The lowest BCUT2D eigenvalue weighted by Gasteiger charge is -2.13. The van der Waals surface area contributed by atoms with Crippen molar-refractivity contribution in [2.45, 2.75) is 25.7 Å². The number of nitrogens with one attached hydrogen (secondary N) is 1. The van der Waals surface area contributed by atoms with Crippen LogP contribution in [-0.2, 0) is 10.0 Å². The summed E-state index contributed by atoms with van der Waals surface area (Å²) in [5.74, 6) is -0.128. The molecule has 1 aromatic carbocycles. The lowest BCUT2D eigenvalue weighted by atomic mass is 10.2. The molecule has 2 aromatic rings. The summed E-state index contributed by atoms with van der Waals surface area (Å²) in [7, 11) is -2.36. The number of rotatable bonds is 5. The lowest BCUT2D eigenvalue weighted by molar-refractivity contribution is 0.101. The van der Waals surface area contributed by atoms with Gasteiger partial charge in [0.1, 0.15) is 0 Å². The van der Waals surface area contributed by atoms with Crippen molar-refractivity contribution in [1.82, 2.24) is 9.97 Å². The highest BCUT2D eigenvalue weighted by atomic mass is 32.2. The van der Waals surface area contributed by atoms with E-state index in [9.17, 15) is 13.2 Å². The molecular formula is C15H17N3O4S. The quantitative estimate of drug-likeness (QED) is 0.840.